The van der Waals surface area contributed by atoms with Crippen LogP contribution in [0.3, 0.4) is 0 Å². The Morgan fingerprint density at radius 3 is 2.40 bits per heavy atom. The quantitative estimate of drug-likeness (QED) is 0.604. The summed E-state index contributed by atoms with van der Waals surface area (Å²) in [4.78, 5) is 29.3. The Morgan fingerprint density at radius 2 is 1.69 bits per heavy atom. The van der Waals surface area contributed by atoms with E-state index in [0.29, 0.717) is 25.6 Å². The lowest BCUT2D eigenvalue weighted by Crippen LogP contribution is -2.38. The molecule has 7 nitrogen and oxygen atoms in total. The van der Waals surface area contributed by atoms with Crippen molar-refractivity contribution in [2.75, 3.05) is 36.4 Å². The van der Waals surface area contributed by atoms with Gasteiger partial charge in [0.25, 0.3) is 5.91 Å². The SMILES string of the molecule is O=C(Nc1ccc(C2CCN(C(=O)c3ccccc3F)CC2)cc1)[C@@H]1CCN(c2cccnn2)C1. The van der Waals surface area contributed by atoms with Crippen molar-refractivity contribution >= 4 is 23.3 Å². The first kappa shape index (κ1) is 23.0. The molecule has 2 aromatic carbocycles. The molecule has 3 aromatic rings. The zero-order chi connectivity index (χ0) is 24.2. The van der Waals surface area contributed by atoms with Crippen LogP contribution >= 0.6 is 0 Å². The molecule has 2 saturated heterocycles. The van der Waals surface area contributed by atoms with Crippen molar-refractivity contribution in [2.24, 2.45) is 5.92 Å². The molecular formula is C27H28FN5O2. The molecule has 8 heteroatoms. The molecule has 1 atom stereocenters. The summed E-state index contributed by atoms with van der Waals surface area (Å²) >= 11 is 0. The number of carbonyl (C=O) groups is 2. The highest BCUT2D eigenvalue weighted by Crippen LogP contribution is 2.30. The van der Waals surface area contributed by atoms with Gasteiger partial charge in [0.15, 0.2) is 5.82 Å². The number of anilines is 2. The Kier molecular flexibility index (Phi) is 6.70. The number of likely N-dealkylation sites (tertiary alicyclic amines) is 1. The van der Waals surface area contributed by atoms with E-state index in [2.05, 4.69) is 32.5 Å². The van der Waals surface area contributed by atoms with Crippen LogP contribution in [0.2, 0.25) is 0 Å². The van der Waals surface area contributed by atoms with Gasteiger partial charge in [-0.15, -0.1) is 5.10 Å². The highest BCUT2D eigenvalue weighted by molar-refractivity contribution is 5.94. The maximum atomic E-state index is 14.0. The van der Waals surface area contributed by atoms with E-state index in [1.54, 1.807) is 23.2 Å². The van der Waals surface area contributed by atoms with E-state index in [-0.39, 0.29) is 23.3 Å². The van der Waals surface area contributed by atoms with E-state index in [1.165, 1.54) is 17.7 Å². The molecule has 5 rings (SSSR count). The van der Waals surface area contributed by atoms with Gasteiger partial charge in [-0.1, -0.05) is 24.3 Å². The molecule has 3 heterocycles. The maximum absolute atomic E-state index is 14.0. The molecule has 35 heavy (non-hydrogen) atoms. The normalized spacial score (nSPS) is 18.5. The van der Waals surface area contributed by atoms with Gasteiger partial charge in [0.1, 0.15) is 5.82 Å². The van der Waals surface area contributed by atoms with E-state index in [1.807, 2.05) is 24.3 Å². The van der Waals surface area contributed by atoms with Crippen LogP contribution in [-0.2, 0) is 4.79 Å². The van der Waals surface area contributed by atoms with Gasteiger partial charge < -0.3 is 15.1 Å². The molecule has 2 fully saturated rings. The third kappa shape index (κ3) is 5.16. The fourth-order valence-corrected chi connectivity index (χ4v) is 4.95. The lowest BCUT2D eigenvalue weighted by atomic mass is 9.89. The van der Waals surface area contributed by atoms with Gasteiger partial charge >= 0.3 is 0 Å². The van der Waals surface area contributed by atoms with Crippen LogP contribution in [0.1, 0.15) is 41.1 Å². The molecule has 0 unspecified atom stereocenters. The van der Waals surface area contributed by atoms with Crippen molar-refractivity contribution < 1.29 is 14.0 Å². The smallest absolute Gasteiger partial charge is 0.256 e. The summed E-state index contributed by atoms with van der Waals surface area (Å²) in [5, 5.41) is 11.1. The monoisotopic (exact) mass is 473 g/mol. The van der Waals surface area contributed by atoms with Gasteiger partial charge in [0, 0.05) is 38.1 Å². The number of hydrogen-bond acceptors (Lipinski definition) is 5. The van der Waals surface area contributed by atoms with Crippen molar-refractivity contribution in [3.8, 4) is 0 Å². The van der Waals surface area contributed by atoms with Crippen molar-refractivity contribution in [1.29, 1.82) is 0 Å². The first-order chi connectivity index (χ1) is 17.1. The molecular weight excluding hydrogens is 445 g/mol. The third-order valence-corrected chi connectivity index (χ3v) is 6.98. The molecule has 0 spiro atoms. The van der Waals surface area contributed by atoms with Crippen LogP contribution < -0.4 is 10.2 Å². The molecule has 0 bridgehead atoms. The van der Waals surface area contributed by atoms with Crippen molar-refractivity contribution in [1.82, 2.24) is 15.1 Å². The largest absolute Gasteiger partial charge is 0.354 e. The van der Waals surface area contributed by atoms with E-state index < -0.39 is 5.82 Å². The molecule has 2 aliphatic heterocycles. The number of benzene rings is 2. The van der Waals surface area contributed by atoms with Crippen LogP contribution in [-0.4, -0.2) is 53.1 Å². The predicted molar refractivity (Wildman–Crippen MR) is 132 cm³/mol. The highest BCUT2D eigenvalue weighted by atomic mass is 19.1. The number of carbonyl (C=O) groups excluding carboxylic acids is 2. The second-order valence-electron chi connectivity index (χ2n) is 9.17. The summed E-state index contributed by atoms with van der Waals surface area (Å²) in [5.41, 5.74) is 2.10. The number of amides is 2. The minimum atomic E-state index is -0.476. The second kappa shape index (κ2) is 10.2. The number of nitrogens with zero attached hydrogens (tertiary/aromatic N) is 4. The Hall–Kier alpha value is -3.81. The number of aromatic nitrogens is 2. The maximum Gasteiger partial charge on any atom is 0.256 e. The number of halogens is 1. The highest BCUT2D eigenvalue weighted by Gasteiger charge is 2.29. The first-order valence-corrected chi connectivity index (χ1v) is 12.1. The van der Waals surface area contributed by atoms with Gasteiger partial charge in [-0.25, -0.2) is 4.39 Å². The first-order valence-electron chi connectivity index (χ1n) is 12.1. The summed E-state index contributed by atoms with van der Waals surface area (Å²) < 4.78 is 14.0. The van der Waals surface area contributed by atoms with Gasteiger partial charge in [0.05, 0.1) is 11.5 Å². The molecule has 0 radical (unpaired) electrons. The molecule has 0 aliphatic carbocycles. The predicted octanol–water partition coefficient (Wildman–Crippen LogP) is 4.10. The fraction of sp³-hybridized carbons (Fsp3) is 0.333. The van der Waals surface area contributed by atoms with Crippen LogP contribution in [0.4, 0.5) is 15.9 Å². The lowest BCUT2D eigenvalue weighted by molar-refractivity contribution is -0.119. The van der Waals surface area contributed by atoms with Gasteiger partial charge in [-0.05, 0) is 67.1 Å². The van der Waals surface area contributed by atoms with Gasteiger partial charge in [0.2, 0.25) is 5.91 Å². The van der Waals surface area contributed by atoms with E-state index in [9.17, 15) is 14.0 Å². The Balaban J connectivity index is 1.13. The molecule has 1 aromatic heterocycles. The molecule has 2 aliphatic rings. The summed E-state index contributed by atoms with van der Waals surface area (Å²) in [5.74, 6) is 0.339. The Bertz CT molecular complexity index is 1180. The molecule has 0 saturated carbocycles. The lowest BCUT2D eigenvalue weighted by Gasteiger charge is -2.32. The topological polar surface area (TPSA) is 78.4 Å². The van der Waals surface area contributed by atoms with E-state index in [4.69, 9.17) is 0 Å². The standard InChI is InChI=1S/C27H28FN5O2/c28-24-5-2-1-4-23(24)27(35)32-15-11-20(12-16-32)19-7-9-22(10-8-19)30-26(34)21-13-17-33(18-21)25-6-3-14-29-31-25/h1-10,14,20-21H,11-13,15-18H2,(H,30,34)/t21-/m1/s1. The average molecular weight is 474 g/mol. The van der Waals surface area contributed by atoms with E-state index >= 15 is 0 Å². The van der Waals surface area contributed by atoms with Crippen molar-refractivity contribution in [3.63, 3.8) is 0 Å². The number of piperidine rings is 1. The molecule has 180 valence electrons. The molecule has 2 amide bonds. The van der Waals surface area contributed by atoms with Crippen LogP contribution in [0.5, 0.6) is 0 Å². The zero-order valence-corrected chi connectivity index (χ0v) is 19.4. The fourth-order valence-electron chi connectivity index (χ4n) is 4.95. The average Bonchev–Trinajstić information content (AvgIpc) is 3.41. The third-order valence-electron chi connectivity index (χ3n) is 6.98. The summed E-state index contributed by atoms with van der Waals surface area (Å²) in [6.45, 7) is 2.61. The van der Waals surface area contributed by atoms with Gasteiger partial charge in [-0.3, -0.25) is 9.59 Å². The summed E-state index contributed by atoms with van der Waals surface area (Å²) in [7, 11) is 0. The summed E-state index contributed by atoms with van der Waals surface area (Å²) in [6.07, 6.45) is 4.07. The van der Waals surface area contributed by atoms with Crippen molar-refractivity contribution in [3.05, 3.63) is 83.8 Å². The minimum absolute atomic E-state index is 0.0177. The Morgan fingerprint density at radius 1 is 0.914 bits per heavy atom. The summed E-state index contributed by atoms with van der Waals surface area (Å²) in [6, 6.07) is 17.9. The van der Waals surface area contributed by atoms with Gasteiger partial charge in [-0.2, -0.15) is 5.10 Å². The van der Waals surface area contributed by atoms with Crippen LogP contribution in [0, 0.1) is 11.7 Å². The van der Waals surface area contributed by atoms with Crippen LogP contribution in [0.15, 0.2) is 66.9 Å². The number of hydrogen-bond donors (Lipinski definition) is 1. The number of rotatable bonds is 5. The van der Waals surface area contributed by atoms with Crippen LogP contribution in [0.25, 0.3) is 0 Å². The zero-order valence-electron chi connectivity index (χ0n) is 19.4. The second-order valence-corrected chi connectivity index (χ2v) is 9.17. The molecule has 1 N–H and O–H groups in total. The minimum Gasteiger partial charge on any atom is -0.354 e. The Labute approximate surface area is 204 Å². The van der Waals surface area contributed by atoms with Crippen molar-refractivity contribution in [2.45, 2.75) is 25.2 Å². The van der Waals surface area contributed by atoms with E-state index in [0.717, 1.165) is 37.3 Å². The number of nitrogens with one attached hydrogen (secondary N) is 1.